The van der Waals surface area contributed by atoms with Crippen LogP contribution >= 0.6 is 0 Å². The maximum absolute atomic E-state index is 12.1. The van der Waals surface area contributed by atoms with Gasteiger partial charge in [-0.1, -0.05) is 20.8 Å². The van der Waals surface area contributed by atoms with Gasteiger partial charge in [0, 0.05) is 0 Å². The van der Waals surface area contributed by atoms with E-state index in [4.69, 9.17) is 4.74 Å². The van der Waals surface area contributed by atoms with E-state index in [0.29, 0.717) is 6.42 Å². The summed E-state index contributed by atoms with van der Waals surface area (Å²) in [6.45, 7) is 5.15. The Morgan fingerprint density at radius 3 is 2.20 bits per heavy atom. The highest BCUT2D eigenvalue weighted by molar-refractivity contribution is 5.72. The molecule has 0 fully saturated rings. The zero-order valence-corrected chi connectivity index (χ0v) is 9.23. The third-order valence-corrected chi connectivity index (χ3v) is 2.01. The van der Waals surface area contributed by atoms with Gasteiger partial charge in [-0.15, -0.1) is 0 Å². The summed E-state index contributed by atoms with van der Waals surface area (Å²) in [6, 6.07) is 0. The third kappa shape index (κ3) is 6.36. The van der Waals surface area contributed by atoms with Crippen molar-refractivity contribution in [2.45, 2.75) is 39.8 Å². The minimum atomic E-state index is -4.32. The van der Waals surface area contributed by atoms with Crippen molar-refractivity contribution in [2.75, 3.05) is 6.61 Å². The number of hydrogen-bond donors (Lipinski definition) is 0. The molecule has 0 heterocycles. The average molecular weight is 226 g/mol. The maximum Gasteiger partial charge on any atom is 0.389 e. The van der Waals surface area contributed by atoms with Crippen LogP contribution in [0.3, 0.4) is 0 Å². The zero-order chi connectivity index (χ0) is 12.1. The van der Waals surface area contributed by atoms with Crippen LogP contribution in [0.2, 0.25) is 0 Å². The predicted octanol–water partition coefficient (Wildman–Crippen LogP) is 3.16. The first-order valence-corrected chi connectivity index (χ1v) is 5.01. The molecule has 90 valence electrons. The molecule has 0 bridgehead atoms. The molecule has 1 unspecified atom stereocenters. The lowest BCUT2D eigenvalue weighted by molar-refractivity contribution is -0.171. The molecule has 0 aromatic carbocycles. The van der Waals surface area contributed by atoms with Crippen molar-refractivity contribution in [1.29, 1.82) is 0 Å². The molecule has 0 aromatic heterocycles. The first-order valence-electron chi connectivity index (χ1n) is 5.01. The number of carbonyl (C=O) groups excluding carboxylic acids is 1. The molecule has 2 nitrogen and oxygen atoms in total. The van der Waals surface area contributed by atoms with Crippen LogP contribution in [0, 0.1) is 11.8 Å². The Hall–Kier alpha value is -0.740. The fourth-order valence-electron chi connectivity index (χ4n) is 1.15. The Balaban J connectivity index is 4.33. The molecule has 5 heteroatoms. The molecule has 0 aliphatic carbocycles. The molecule has 0 radical (unpaired) electrons. The second kappa shape index (κ2) is 5.98. The molecular formula is C10H17F3O2. The summed E-state index contributed by atoms with van der Waals surface area (Å²) in [4.78, 5) is 11.3. The second-order valence-electron chi connectivity index (χ2n) is 3.84. The Morgan fingerprint density at radius 1 is 1.33 bits per heavy atom. The summed E-state index contributed by atoms with van der Waals surface area (Å²) in [5.41, 5.74) is 0. The van der Waals surface area contributed by atoms with Crippen molar-refractivity contribution < 1.29 is 22.7 Å². The second-order valence-corrected chi connectivity index (χ2v) is 3.84. The molecule has 15 heavy (non-hydrogen) atoms. The fourth-order valence-corrected chi connectivity index (χ4v) is 1.15. The largest absolute Gasteiger partial charge is 0.465 e. The van der Waals surface area contributed by atoms with Crippen LogP contribution in [-0.4, -0.2) is 18.8 Å². The summed E-state index contributed by atoms with van der Waals surface area (Å²) in [5.74, 6) is -2.20. The molecule has 0 aliphatic rings. The van der Waals surface area contributed by atoms with Crippen LogP contribution in [-0.2, 0) is 9.53 Å². The molecule has 0 saturated carbocycles. The Bertz CT molecular complexity index is 199. The summed E-state index contributed by atoms with van der Waals surface area (Å²) in [7, 11) is 0. The van der Waals surface area contributed by atoms with Gasteiger partial charge in [0.25, 0.3) is 0 Å². The number of hydrogen-bond acceptors (Lipinski definition) is 2. The van der Waals surface area contributed by atoms with Crippen molar-refractivity contribution in [2.24, 2.45) is 11.8 Å². The summed E-state index contributed by atoms with van der Waals surface area (Å²) >= 11 is 0. The molecular weight excluding hydrogens is 209 g/mol. The van der Waals surface area contributed by atoms with Crippen LogP contribution in [0.5, 0.6) is 0 Å². The number of alkyl halides is 3. The first-order chi connectivity index (χ1) is 6.78. The normalized spacial score (nSPS) is 14.1. The van der Waals surface area contributed by atoms with E-state index >= 15 is 0 Å². The van der Waals surface area contributed by atoms with Crippen LogP contribution in [0.1, 0.15) is 33.6 Å². The third-order valence-electron chi connectivity index (χ3n) is 2.01. The molecule has 0 aliphatic heterocycles. The topological polar surface area (TPSA) is 26.3 Å². The van der Waals surface area contributed by atoms with E-state index in [2.05, 4.69) is 0 Å². The van der Waals surface area contributed by atoms with Crippen LogP contribution < -0.4 is 0 Å². The zero-order valence-electron chi connectivity index (χ0n) is 9.23. The van der Waals surface area contributed by atoms with Gasteiger partial charge in [0.05, 0.1) is 18.9 Å². The van der Waals surface area contributed by atoms with Gasteiger partial charge >= 0.3 is 12.1 Å². The van der Waals surface area contributed by atoms with Crippen molar-refractivity contribution in [3.8, 4) is 0 Å². The standard InChI is InChI=1S/C10H17F3O2/c1-4-5-15-9(14)8(7(2)3)6-10(11,12)13/h7-8H,4-6H2,1-3H3. The predicted molar refractivity (Wildman–Crippen MR) is 50.3 cm³/mol. The summed E-state index contributed by atoms with van der Waals surface area (Å²) in [5, 5.41) is 0. The van der Waals surface area contributed by atoms with Gasteiger partial charge in [-0.3, -0.25) is 4.79 Å². The van der Waals surface area contributed by atoms with Gasteiger partial charge in [-0.25, -0.2) is 0 Å². The van der Waals surface area contributed by atoms with E-state index in [1.807, 2.05) is 0 Å². The molecule has 1 atom stereocenters. The highest BCUT2D eigenvalue weighted by Gasteiger charge is 2.37. The number of ether oxygens (including phenoxy) is 1. The Labute approximate surface area is 87.8 Å². The Kier molecular flexibility index (Phi) is 5.68. The quantitative estimate of drug-likeness (QED) is 0.673. The van der Waals surface area contributed by atoms with Crippen molar-refractivity contribution in [1.82, 2.24) is 0 Å². The minimum Gasteiger partial charge on any atom is -0.465 e. The van der Waals surface area contributed by atoms with Crippen LogP contribution in [0.15, 0.2) is 0 Å². The number of esters is 1. The van der Waals surface area contributed by atoms with E-state index in [9.17, 15) is 18.0 Å². The van der Waals surface area contributed by atoms with Gasteiger partial charge < -0.3 is 4.74 Å². The Morgan fingerprint density at radius 2 is 1.87 bits per heavy atom. The SMILES string of the molecule is CCCOC(=O)C(CC(F)(F)F)C(C)C. The van der Waals surface area contributed by atoms with Crippen molar-refractivity contribution in [3.05, 3.63) is 0 Å². The fraction of sp³-hybridized carbons (Fsp3) is 0.900. The van der Waals surface area contributed by atoms with Crippen LogP contribution in [0.25, 0.3) is 0 Å². The summed E-state index contributed by atoms with van der Waals surface area (Å²) in [6.07, 6.45) is -4.81. The van der Waals surface area contributed by atoms with E-state index < -0.39 is 24.5 Å². The van der Waals surface area contributed by atoms with Gasteiger partial charge in [0.15, 0.2) is 0 Å². The molecule has 0 aromatic rings. The van der Waals surface area contributed by atoms with Gasteiger partial charge in [-0.05, 0) is 12.3 Å². The molecule has 0 saturated heterocycles. The van der Waals surface area contributed by atoms with Gasteiger partial charge in [0.2, 0.25) is 0 Å². The smallest absolute Gasteiger partial charge is 0.389 e. The number of halogens is 3. The highest BCUT2D eigenvalue weighted by Crippen LogP contribution is 2.29. The molecule has 0 N–H and O–H groups in total. The van der Waals surface area contributed by atoms with Crippen molar-refractivity contribution >= 4 is 5.97 Å². The lowest BCUT2D eigenvalue weighted by Gasteiger charge is -2.20. The number of carbonyl (C=O) groups is 1. The van der Waals surface area contributed by atoms with Gasteiger partial charge in [0.1, 0.15) is 0 Å². The molecule has 0 amide bonds. The maximum atomic E-state index is 12.1. The lowest BCUT2D eigenvalue weighted by Crippen LogP contribution is -2.28. The molecule has 0 rings (SSSR count). The van der Waals surface area contributed by atoms with E-state index in [1.54, 1.807) is 20.8 Å². The monoisotopic (exact) mass is 226 g/mol. The van der Waals surface area contributed by atoms with E-state index in [0.717, 1.165) is 0 Å². The summed E-state index contributed by atoms with van der Waals surface area (Å²) < 4.78 is 41.1. The first kappa shape index (κ1) is 14.3. The lowest BCUT2D eigenvalue weighted by atomic mass is 9.92. The minimum absolute atomic E-state index is 0.180. The number of rotatable bonds is 5. The average Bonchev–Trinajstić information content (AvgIpc) is 2.08. The molecule has 0 spiro atoms. The highest BCUT2D eigenvalue weighted by atomic mass is 19.4. The van der Waals surface area contributed by atoms with Gasteiger partial charge in [-0.2, -0.15) is 13.2 Å². The van der Waals surface area contributed by atoms with Crippen molar-refractivity contribution in [3.63, 3.8) is 0 Å². The van der Waals surface area contributed by atoms with E-state index in [-0.39, 0.29) is 12.5 Å². The van der Waals surface area contributed by atoms with E-state index in [1.165, 1.54) is 0 Å². The van der Waals surface area contributed by atoms with Crippen LogP contribution in [0.4, 0.5) is 13.2 Å².